The molecular formula is C15H26O2. The van der Waals surface area contributed by atoms with Gasteiger partial charge < -0.3 is 4.74 Å². The molecule has 0 spiro atoms. The zero-order chi connectivity index (χ0) is 12.3. The third-order valence-corrected chi connectivity index (χ3v) is 4.89. The van der Waals surface area contributed by atoms with E-state index in [1.165, 1.54) is 19.3 Å². The van der Waals surface area contributed by atoms with Crippen LogP contribution in [0.1, 0.15) is 64.7 Å². The number of ketones is 1. The Balaban J connectivity index is 2.01. The van der Waals surface area contributed by atoms with Gasteiger partial charge in [-0.3, -0.25) is 4.79 Å². The molecule has 0 amide bonds. The van der Waals surface area contributed by atoms with Crippen LogP contribution < -0.4 is 0 Å². The van der Waals surface area contributed by atoms with Gasteiger partial charge in [0.1, 0.15) is 5.60 Å². The summed E-state index contributed by atoms with van der Waals surface area (Å²) in [5.74, 6) is 1.51. The van der Waals surface area contributed by atoms with Crippen LogP contribution in [-0.4, -0.2) is 18.5 Å². The summed E-state index contributed by atoms with van der Waals surface area (Å²) in [6.45, 7) is 2.30. The molecule has 0 heterocycles. The lowest BCUT2D eigenvalue weighted by Crippen LogP contribution is -2.46. The van der Waals surface area contributed by atoms with Crippen molar-refractivity contribution in [1.29, 1.82) is 0 Å². The average molecular weight is 238 g/mol. The van der Waals surface area contributed by atoms with E-state index >= 15 is 0 Å². The van der Waals surface area contributed by atoms with Crippen LogP contribution in [0.15, 0.2) is 0 Å². The maximum Gasteiger partial charge on any atom is 0.167 e. The fourth-order valence-electron chi connectivity index (χ4n) is 3.57. The number of hydrogen-bond donors (Lipinski definition) is 0. The quantitative estimate of drug-likeness (QED) is 0.749. The first-order valence-electron chi connectivity index (χ1n) is 7.27. The Morgan fingerprint density at radius 2 is 1.65 bits per heavy atom. The molecule has 2 fully saturated rings. The van der Waals surface area contributed by atoms with Gasteiger partial charge in [0, 0.05) is 13.0 Å². The molecule has 2 nitrogen and oxygen atoms in total. The standard InChI is InChI=1S/C15H26O2/c1-12-6-8-13(9-7-12)14(16)15(17-2)10-4-3-5-11-15/h12-13H,3-11H2,1-2H3. The van der Waals surface area contributed by atoms with E-state index in [-0.39, 0.29) is 5.92 Å². The number of Topliss-reactive ketones (excluding diaryl/α,β-unsaturated/α-hetero) is 1. The van der Waals surface area contributed by atoms with E-state index in [1.54, 1.807) is 7.11 Å². The molecule has 0 bridgehead atoms. The van der Waals surface area contributed by atoms with E-state index in [4.69, 9.17) is 4.74 Å². The average Bonchev–Trinajstić information content (AvgIpc) is 2.39. The molecule has 0 aromatic carbocycles. The van der Waals surface area contributed by atoms with Crippen LogP contribution in [0, 0.1) is 11.8 Å². The van der Waals surface area contributed by atoms with Crippen molar-refractivity contribution in [2.24, 2.45) is 11.8 Å². The van der Waals surface area contributed by atoms with Crippen LogP contribution >= 0.6 is 0 Å². The summed E-state index contributed by atoms with van der Waals surface area (Å²) in [6, 6.07) is 0. The second-order valence-electron chi connectivity index (χ2n) is 6.08. The van der Waals surface area contributed by atoms with E-state index < -0.39 is 5.60 Å². The van der Waals surface area contributed by atoms with E-state index in [1.807, 2.05) is 0 Å². The zero-order valence-corrected chi connectivity index (χ0v) is 11.3. The zero-order valence-electron chi connectivity index (χ0n) is 11.3. The molecule has 17 heavy (non-hydrogen) atoms. The summed E-state index contributed by atoms with van der Waals surface area (Å²) >= 11 is 0. The lowest BCUT2D eigenvalue weighted by atomic mass is 9.72. The van der Waals surface area contributed by atoms with E-state index in [0.29, 0.717) is 5.78 Å². The molecule has 2 heteroatoms. The van der Waals surface area contributed by atoms with E-state index in [2.05, 4.69) is 6.92 Å². The molecule has 0 unspecified atom stereocenters. The number of ether oxygens (including phenoxy) is 1. The predicted octanol–water partition coefficient (Wildman–Crippen LogP) is 3.73. The first-order chi connectivity index (χ1) is 8.18. The number of carbonyl (C=O) groups excluding carboxylic acids is 1. The molecule has 0 N–H and O–H groups in total. The fraction of sp³-hybridized carbons (Fsp3) is 0.933. The van der Waals surface area contributed by atoms with Crippen molar-refractivity contribution in [3.05, 3.63) is 0 Å². The Bertz CT molecular complexity index is 258. The van der Waals surface area contributed by atoms with Crippen molar-refractivity contribution in [3.63, 3.8) is 0 Å². The molecular weight excluding hydrogens is 212 g/mol. The number of rotatable bonds is 3. The van der Waals surface area contributed by atoms with Gasteiger partial charge in [0.25, 0.3) is 0 Å². The largest absolute Gasteiger partial charge is 0.370 e. The van der Waals surface area contributed by atoms with E-state index in [0.717, 1.165) is 44.4 Å². The van der Waals surface area contributed by atoms with Gasteiger partial charge in [-0.05, 0) is 31.6 Å². The topological polar surface area (TPSA) is 26.3 Å². The van der Waals surface area contributed by atoms with Gasteiger partial charge in [-0.15, -0.1) is 0 Å². The van der Waals surface area contributed by atoms with Crippen molar-refractivity contribution in [1.82, 2.24) is 0 Å². The van der Waals surface area contributed by atoms with Crippen LogP contribution in [0.3, 0.4) is 0 Å². The molecule has 98 valence electrons. The summed E-state index contributed by atoms with van der Waals surface area (Å²) in [4.78, 5) is 12.7. The van der Waals surface area contributed by atoms with Crippen molar-refractivity contribution < 1.29 is 9.53 Å². The van der Waals surface area contributed by atoms with Crippen LogP contribution in [0.5, 0.6) is 0 Å². The lowest BCUT2D eigenvalue weighted by Gasteiger charge is -2.38. The number of methoxy groups -OCH3 is 1. The van der Waals surface area contributed by atoms with Crippen molar-refractivity contribution in [3.8, 4) is 0 Å². The molecule has 2 rings (SSSR count). The normalized spacial score (nSPS) is 33.3. The van der Waals surface area contributed by atoms with Gasteiger partial charge in [0.2, 0.25) is 0 Å². The molecule has 0 aromatic rings. The molecule has 0 aromatic heterocycles. The fourth-order valence-corrected chi connectivity index (χ4v) is 3.57. The van der Waals surface area contributed by atoms with Crippen LogP contribution in [0.2, 0.25) is 0 Å². The molecule has 2 aliphatic rings. The Morgan fingerprint density at radius 3 is 2.18 bits per heavy atom. The van der Waals surface area contributed by atoms with Crippen molar-refractivity contribution >= 4 is 5.78 Å². The van der Waals surface area contributed by atoms with Gasteiger partial charge in [-0.1, -0.05) is 39.0 Å². The molecule has 0 radical (unpaired) electrons. The molecule has 0 atom stereocenters. The molecule has 2 saturated carbocycles. The second-order valence-corrected chi connectivity index (χ2v) is 6.08. The minimum absolute atomic E-state index is 0.282. The minimum Gasteiger partial charge on any atom is -0.370 e. The third-order valence-electron chi connectivity index (χ3n) is 4.89. The second kappa shape index (κ2) is 5.51. The van der Waals surface area contributed by atoms with Crippen molar-refractivity contribution in [2.45, 2.75) is 70.3 Å². The molecule has 0 saturated heterocycles. The highest BCUT2D eigenvalue weighted by Gasteiger charge is 2.43. The first-order valence-corrected chi connectivity index (χ1v) is 7.27. The highest BCUT2D eigenvalue weighted by molar-refractivity contribution is 5.89. The summed E-state index contributed by atoms with van der Waals surface area (Å²) in [7, 11) is 1.73. The predicted molar refractivity (Wildman–Crippen MR) is 69.0 cm³/mol. The molecule has 2 aliphatic carbocycles. The minimum atomic E-state index is -0.413. The lowest BCUT2D eigenvalue weighted by molar-refractivity contribution is -0.150. The number of hydrogen-bond acceptors (Lipinski definition) is 2. The monoisotopic (exact) mass is 238 g/mol. The first kappa shape index (κ1) is 13.1. The SMILES string of the molecule is COC1(C(=O)C2CCC(C)CC2)CCCCC1. The van der Waals surface area contributed by atoms with Gasteiger partial charge in [-0.2, -0.15) is 0 Å². The maximum absolute atomic E-state index is 12.7. The van der Waals surface area contributed by atoms with E-state index in [9.17, 15) is 4.79 Å². The van der Waals surface area contributed by atoms with Gasteiger partial charge >= 0.3 is 0 Å². The summed E-state index contributed by atoms with van der Waals surface area (Å²) in [5.41, 5.74) is -0.413. The third kappa shape index (κ3) is 2.73. The highest BCUT2D eigenvalue weighted by atomic mass is 16.5. The smallest absolute Gasteiger partial charge is 0.167 e. The highest BCUT2D eigenvalue weighted by Crippen LogP contribution is 2.38. The Labute approximate surface area is 105 Å². The summed E-state index contributed by atoms with van der Waals surface area (Å²) in [5, 5.41) is 0. The Morgan fingerprint density at radius 1 is 1.06 bits per heavy atom. The van der Waals surface area contributed by atoms with Crippen LogP contribution in [0.25, 0.3) is 0 Å². The van der Waals surface area contributed by atoms with Gasteiger partial charge in [-0.25, -0.2) is 0 Å². The van der Waals surface area contributed by atoms with Crippen LogP contribution in [0.4, 0.5) is 0 Å². The molecule has 0 aliphatic heterocycles. The van der Waals surface area contributed by atoms with Gasteiger partial charge in [0.05, 0.1) is 0 Å². The Kier molecular flexibility index (Phi) is 4.24. The van der Waals surface area contributed by atoms with Gasteiger partial charge in [0.15, 0.2) is 5.78 Å². The summed E-state index contributed by atoms with van der Waals surface area (Å²) < 4.78 is 5.67. The Hall–Kier alpha value is -0.370. The summed E-state index contributed by atoms with van der Waals surface area (Å²) in [6.07, 6.45) is 10.1. The van der Waals surface area contributed by atoms with Crippen LogP contribution in [-0.2, 0) is 9.53 Å². The van der Waals surface area contributed by atoms with Crippen molar-refractivity contribution in [2.75, 3.05) is 7.11 Å². The maximum atomic E-state index is 12.7. The number of carbonyl (C=O) groups is 1.